The van der Waals surface area contributed by atoms with Crippen molar-refractivity contribution in [3.05, 3.63) is 58.1 Å². The van der Waals surface area contributed by atoms with Crippen molar-refractivity contribution >= 4 is 29.1 Å². The fraction of sp³-hybridized carbons (Fsp3) is 0.385. The first-order valence-corrected chi connectivity index (χ1v) is 11.6. The van der Waals surface area contributed by atoms with Gasteiger partial charge in [0.2, 0.25) is 0 Å². The van der Waals surface area contributed by atoms with E-state index in [1.54, 1.807) is 30.3 Å². The van der Waals surface area contributed by atoms with Gasteiger partial charge in [0.15, 0.2) is 11.5 Å². The van der Waals surface area contributed by atoms with Crippen molar-refractivity contribution in [1.29, 1.82) is 0 Å². The summed E-state index contributed by atoms with van der Waals surface area (Å²) < 4.78 is 16.6. The number of amides is 1. The van der Waals surface area contributed by atoms with Crippen LogP contribution in [0.2, 0.25) is 5.02 Å². The number of ketones is 1. The number of likely N-dealkylation sites (N-methyl/N-ethyl adjacent to an activating group) is 1. The van der Waals surface area contributed by atoms with Gasteiger partial charge in [-0.05, 0) is 63.8 Å². The number of carbonyl (C=O) groups is 2. The zero-order valence-corrected chi connectivity index (χ0v) is 21.5. The number of likely N-dealkylation sites (tertiary alicyclic amines) is 1. The molecule has 188 valence electrons. The molecule has 1 amide bonds. The molecule has 1 aliphatic heterocycles. The van der Waals surface area contributed by atoms with Crippen molar-refractivity contribution < 1.29 is 28.9 Å². The number of hydrogen-bond acceptors (Lipinski definition) is 7. The molecule has 3 rings (SSSR count). The van der Waals surface area contributed by atoms with Gasteiger partial charge in [0, 0.05) is 18.7 Å². The van der Waals surface area contributed by atoms with E-state index < -0.39 is 17.7 Å². The van der Waals surface area contributed by atoms with E-state index in [1.807, 2.05) is 32.8 Å². The van der Waals surface area contributed by atoms with Crippen LogP contribution in [-0.2, 0) is 9.59 Å². The summed E-state index contributed by atoms with van der Waals surface area (Å²) >= 11 is 6.13. The van der Waals surface area contributed by atoms with E-state index in [1.165, 1.54) is 25.2 Å². The first-order chi connectivity index (χ1) is 16.6. The summed E-state index contributed by atoms with van der Waals surface area (Å²) in [7, 11) is 6.74. The summed E-state index contributed by atoms with van der Waals surface area (Å²) in [6, 6.07) is 9.09. The van der Waals surface area contributed by atoms with Gasteiger partial charge < -0.3 is 29.1 Å². The second-order valence-corrected chi connectivity index (χ2v) is 9.13. The topological polar surface area (TPSA) is 88.5 Å². The molecule has 1 aliphatic rings. The Hall–Kier alpha value is -3.23. The summed E-state index contributed by atoms with van der Waals surface area (Å²) in [5.41, 5.74) is 0.907. The van der Waals surface area contributed by atoms with Crippen LogP contribution in [0.4, 0.5) is 0 Å². The Balaban J connectivity index is 2.19. The maximum atomic E-state index is 13.2. The van der Waals surface area contributed by atoms with Crippen molar-refractivity contribution in [2.75, 3.05) is 41.4 Å². The fourth-order valence-electron chi connectivity index (χ4n) is 3.93. The van der Waals surface area contributed by atoms with Crippen molar-refractivity contribution in [3.63, 3.8) is 0 Å². The van der Waals surface area contributed by atoms with Gasteiger partial charge in [-0.3, -0.25) is 9.59 Å². The quantitative estimate of drug-likeness (QED) is 0.313. The first-order valence-electron chi connectivity index (χ1n) is 11.2. The molecule has 1 unspecified atom stereocenters. The average molecular weight is 503 g/mol. The van der Waals surface area contributed by atoms with Crippen molar-refractivity contribution in [3.8, 4) is 17.2 Å². The van der Waals surface area contributed by atoms with Gasteiger partial charge in [0.25, 0.3) is 11.7 Å². The second-order valence-electron chi connectivity index (χ2n) is 8.72. The van der Waals surface area contributed by atoms with Gasteiger partial charge in [0.1, 0.15) is 11.5 Å². The van der Waals surface area contributed by atoms with Gasteiger partial charge in [-0.25, -0.2) is 0 Å². The molecule has 0 saturated carbocycles. The molecule has 0 aliphatic carbocycles. The molecular weight excluding hydrogens is 472 g/mol. The van der Waals surface area contributed by atoms with Crippen LogP contribution in [0.3, 0.4) is 0 Å². The molecule has 1 heterocycles. The third-order valence-electron chi connectivity index (χ3n) is 5.62. The number of ether oxygens (including phenoxy) is 3. The lowest BCUT2D eigenvalue weighted by Crippen LogP contribution is -2.35. The number of Topliss-reactive ketones (excluding diaryl/α,β-unsaturated/α-hetero) is 1. The predicted octanol–water partition coefficient (Wildman–Crippen LogP) is 4.13. The molecule has 0 aromatic heterocycles. The molecule has 1 N–H and O–H groups in total. The van der Waals surface area contributed by atoms with Gasteiger partial charge >= 0.3 is 0 Å². The highest BCUT2D eigenvalue weighted by Crippen LogP contribution is 2.42. The molecule has 35 heavy (non-hydrogen) atoms. The molecule has 9 heteroatoms. The zero-order valence-electron chi connectivity index (χ0n) is 20.8. The predicted molar refractivity (Wildman–Crippen MR) is 134 cm³/mol. The molecular formula is C26H31ClN2O6. The van der Waals surface area contributed by atoms with E-state index in [4.69, 9.17) is 25.8 Å². The summed E-state index contributed by atoms with van der Waals surface area (Å²) in [4.78, 5) is 29.7. The van der Waals surface area contributed by atoms with Crippen molar-refractivity contribution in [2.24, 2.45) is 0 Å². The van der Waals surface area contributed by atoms with Crippen LogP contribution in [0.25, 0.3) is 5.76 Å². The van der Waals surface area contributed by atoms with Crippen molar-refractivity contribution in [1.82, 2.24) is 9.80 Å². The molecule has 0 bridgehead atoms. The summed E-state index contributed by atoms with van der Waals surface area (Å²) in [5.74, 6) is -0.410. The Morgan fingerprint density at radius 2 is 1.74 bits per heavy atom. The number of hydrogen-bond donors (Lipinski definition) is 1. The Kier molecular flexibility index (Phi) is 8.30. The molecule has 8 nitrogen and oxygen atoms in total. The monoisotopic (exact) mass is 502 g/mol. The van der Waals surface area contributed by atoms with Crippen LogP contribution in [0, 0.1) is 0 Å². The van der Waals surface area contributed by atoms with E-state index in [0.29, 0.717) is 39.9 Å². The summed E-state index contributed by atoms with van der Waals surface area (Å²) in [5, 5.41) is 11.6. The minimum Gasteiger partial charge on any atom is -0.507 e. The molecule has 1 atom stereocenters. The largest absolute Gasteiger partial charge is 0.507 e. The highest BCUT2D eigenvalue weighted by molar-refractivity contribution is 6.46. The van der Waals surface area contributed by atoms with Gasteiger partial charge in [-0.1, -0.05) is 17.7 Å². The Labute approximate surface area is 210 Å². The van der Waals surface area contributed by atoms with Gasteiger partial charge in [-0.15, -0.1) is 0 Å². The number of nitrogens with zero attached hydrogens (tertiary/aromatic N) is 2. The third-order valence-corrected chi connectivity index (χ3v) is 5.93. The van der Waals surface area contributed by atoms with Crippen LogP contribution in [0.5, 0.6) is 17.2 Å². The number of rotatable bonds is 9. The lowest BCUT2D eigenvalue weighted by molar-refractivity contribution is -0.140. The van der Waals surface area contributed by atoms with Crippen LogP contribution in [0.1, 0.15) is 31.0 Å². The highest BCUT2D eigenvalue weighted by Gasteiger charge is 2.46. The number of aliphatic hydroxyl groups excluding tert-OH is 1. The van der Waals surface area contributed by atoms with Crippen LogP contribution in [-0.4, -0.2) is 74.1 Å². The smallest absolute Gasteiger partial charge is 0.295 e. The summed E-state index contributed by atoms with van der Waals surface area (Å²) in [6.07, 6.45) is -0.0691. The van der Waals surface area contributed by atoms with Gasteiger partial charge in [-0.2, -0.15) is 0 Å². The third kappa shape index (κ3) is 5.55. The lowest BCUT2D eigenvalue weighted by Gasteiger charge is -2.27. The van der Waals surface area contributed by atoms with Crippen molar-refractivity contribution in [2.45, 2.75) is 26.0 Å². The molecule has 0 radical (unpaired) electrons. The Bertz CT molecular complexity index is 1140. The SMILES string of the molecule is COc1cc(/C(O)=C2/C(=O)C(=O)N(CCN(C)C)C2c2ccc(OC(C)C)c(OC)c2)ccc1Cl. The van der Waals surface area contributed by atoms with E-state index in [0.717, 1.165) is 0 Å². The van der Waals surface area contributed by atoms with E-state index in [-0.39, 0.29) is 24.0 Å². The molecule has 1 fully saturated rings. The number of benzene rings is 2. The molecule has 1 saturated heterocycles. The zero-order chi connectivity index (χ0) is 25.9. The Morgan fingerprint density at radius 3 is 2.34 bits per heavy atom. The number of halogens is 1. The van der Waals surface area contributed by atoms with E-state index in [2.05, 4.69) is 0 Å². The van der Waals surface area contributed by atoms with Crippen LogP contribution >= 0.6 is 11.6 Å². The number of methoxy groups -OCH3 is 2. The standard InChI is InChI=1S/C26H31ClN2O6/c1-15(2)35-19-10-8-16(13-21(19)34-6)23-22(25(31)26(32)29(23)12-11-28(3)4)24(30)17-7-9-18(27)20(14-17)33-5/h7-10,13-15,23,30H,11-12H2,1-6H3/b24-22-. The molecule has 0 spiro atoms. The fourth-order valence-corrected chi connectivity index (χ4v) is 4.13. The Morgan fingerprint density at radius 1 is 1.06 bits per heavy atom. The second kappa shape index (κ2) is 11.0. The minimum atomic E-state index is -0.821. The number of aliphatic hydroxyl groups is 1. The van der Waals surface area contributed by atoms with Gasteiger partial charge in [0.05, 0.1) is 37.0 Å². The maximum Gasteiger partial charge on any atom is 0.295 e. The average Bonchev–Trinajstić information content (AvgIpc) is 3.07. The van der Waals surface area contributed by atoms with E-state index in [9.17, 15) is 14.7 Å². The van der Waals surface area contributed by atoms with E-state index >= 15 is 0 Å². The number of carbonyl (C=O) groups excluding carboxylic acids is 2. The van der Waals surface area contributed by atoms with Crippen LogP contribution < -0.4 is 14.2 Å². The summed E-state index contributed by atoms with van der Waals surface area (Å²) in [6.45, 7) is 4.63. The lowest BCUT2D eigenvalue weighted by atomic mass is 9.95. The maximum absolute atomic E-state index is 13.2. The molecule has 2 aromatic carbocycles. The van der Waals surface area contributed by atoms with Crippen LogP contribution in [0.15, 0.2) is 42.0 Å². The first kappa shape index (κ1) is 26.4. The molecule has 2 aromatic rings. The normalized spacial score (nSPS) is 17.4. The minimum absolute atomic E-state index is 0.0160. The highest BCUT2D eigenvalue weighted by atomic mass is 35.5.